The van der Waals surface area contributed by atoms with Crippen LogP contribution in [0.4, 0.5) is 20.6 Å². The Morgan fingerprint density at radius 2 is 1.93 bits per heavy atom. The van der Waals surface area contributed by atoms with Crippen LogP contribution in [-0.4, -0.2) is 56.7 Å². The van der Waals surface area contributed by atoms with Crippen LogP contribution in [0.25, 0.3) is 0 Å². The van der Waals surface area contributed by atoms with Gasteiger partial charge in [-0.05, 0) is 25.0 Å². The summed E-state index contributed by atoms with van der Waals surface area (Å²) in [5, 5.41) is 4.85. The van der Waals surface area contributed by atoms with E-state index >= 15 is 0 Å². The number of rotatable bonds is 3. The van der Waals surface area contributed by atoms with Crippen LogP contribution in [0.3, 0.4) is 0 Å². The summed E-state index contributed by atoms with van der Waals surface area (Å²) in [5.41, 5.74) is 2.34. The first-order valence-corrected chi connectivity index (χ1v) is 10.0. The van der Waals surface area contributed by atoms with Gasteiger partial charge in [0.15, 0.2) is 0 Å². The molecule has 1 aromatic rings. The summed E-state index contributed by atoms with van der Waals surface area (Å²) < 4.78 is 20.1. The molecule has 3 aliphatic rings. The van der Waals surface area contributed by atoms with Gasteiger partial charge in [0, 0.05) is 57.2 Å². The minimum absolute atomic E-state index is 0.175. The zero-order chi connectivity index (χ0) is 20.5. The predicted octanol–water partition coefficient (Wildman–Crippen LogP) is 1.32. The topological polar surface area (TPSA) is 91.0 Å². The van der Waals surface area contributed by atoms with Crippen molar-refractivity contribution in [2.75, 3.05) is 36.5 Å². The molecule has 2 N–H and O–H groups in total. The average Bonchev–Trinajstić information content (AvgIpc) is 3.12. The second kappa shape index (κ2) is 7.88. The van der Waals surface area contributed by atoms with Gasteiger partial charge in [-0.1, -0.05) is 0 Å². The van der Waals surface area contributed by atoms with Crippen molar-refractivity contribution in [2.45, 2.75) is 44.2 Å². The number of ether oxygens (including phenoxy) is 1. The van der Waals surface area contributed by atoms with Crippen molar-refractivity contribution in [3.05, 3.63) is 23.5 Å². The number of benzene rings is 1. The molecular formula is C20H25FN4O4. The molecule has 4 rings (SSSR count). The Hall–Kier alpha value is -2.84. The summed E-state index contributed by atoms with van der Waals surface area (Å²) in [4.78, 5) is 39.2. The second-order valence-corrected chi connectivity index (χ2v) is 7.65. The van der Waals surface area contributed by atoms with E-state index in [9.17, 15) is 18.8 Å². The van der Waals surface area contributed by atoms with Gasteiger partial charge < -0.3 is 19.9 Å². The van der Waals surface area contributed by atoms with E-state index in [2.05, 4.69) is 10.6 Å². The summed E-state index contributed by atoms with van der Waals surface area (Å²) in [6, 6.07) is 2.77. The molecule has 2 fully saturated rings. The summed E-state index contributed by atoms with van der Waals surface area (Å²) in [7, 11) is 1.52. The molecule has 1 unspecified atom stereocenters. The third kappa shape index (κ3) is 3.73. The molecule has 3 amide bonds. The molecule has 0 radical (unpaired) electrons. The molecule has 3 aliphatic heterocycles. The molecule has 0 spiro atoms. The Kier molecular flexibility index (Phi) is 5.29. The van der Waals surface area contributed by atoms with E-state index in [1.807, 2.05) is 9.80 Å². The van der Waals surface area contributed by atoms with Gasteiger partial charge in [0.25, 0.3) is 0 Å². The molecule has 156 valence electrons. The first kappa shape index (κ1) is 19.5. The second-order valence-electron chi connectivity index (χ2n) is 7.65. The molecule has 0 aliphatic carbocycles. The Labute approximate surface area is 168 Å². The van der Waals surface area contributed by atoms with Crippen LogP contribution in [0.5, 0.6) is 0 Å². The highest BCUT2D eigenvalue weighted by Crippen LogP contribution is 2.40. The highest BCUT2D eigenvalue weighted by molar-refractivity contribution is 6.02. The number of halogens is 1. The Morgan fingerprint density at radius 3 is 2.62 bits per heavy atom. The van der Waals surface area contributed by atoms with Crippen LogP contribution < -0.4 is 20.4 Å². The maximum Gasteiger partial charge on any atom is 0.407 e. The van der Waals surface area contributed by atoms with Crippen LogP contribution in [0.2, 0.25) is 0 Å². The predicted molar refractivity (Wildman–Crippen MR) is 104 cm³/mol. The van der Waals surface area contributed by atoms with Gasteiger partial charge in [-0.3, -0.25) is 14.9 Å². The highest BCUT2D eigenvalue weighted by Gasteiger charge is 2.37. The number of hydrogen-bond acceptors (Lipinski definition) is 6. The zero-order valence-corrected chi connectivity index (χ0v) is 16.4. The number of hydrogen-bond donors (Lipinski definition) is 2. The molecule has 2 saturated heterocycles. The fourth-order valence-electron chi connectivity index (χ4n) is 4.52. The third-order valence-corrected chi connectivity index (χ3v) is 5.94. The lowest BCUT2D eigenvalue weighted by Crippen LogP contribution is -2.52. The Balaban J connectivity index is 1.52. The summed E-state index contributed by atoms with van der Waals surface area (Å²) in [6.07, 6.45) is 2.07. The standard InChI is InChI=1S/C20H25FN4O4/c1-22-20(28)29-12-6-9-24(10-7-12)18-13-8-11-25(15(13)3-2-14(18)21)16-4-5-17(26)23-19(16)27/h2-3,12,16H,4-11H2,1H3,(H,22,28)(H,23,26,27). The number of amides is 3. The van der Waals surface area contributed by atoms with E-state index in [4.69, 9.17) is 4.74 Å². The van der Waals surface area contributed by atoms with Crippen molar-refractivity contribution in [2.24, 2.45) is 0 Å². The van der Waals surface area contributed by atoms with Gasteiger partial charge in [-0.2, -0.15) is 0 Å². The Morgan fingerprint density at radius 1 is 1.17 bits per heavy atom. The smallest absolute Gasteiger partial charge is 0.407 e. The van der Waals surface area contributed by atoms with Gasteiger partial charge in [0.1, 0.15) is 18.0 Å². The molecule has 8 nitrogen and oxygen atoms in total. The zero-order valence-electron chi connectivity index (χ0n) is 16.4. The monoisotopic (exact) mass is 404 g/mol. The number of alkyl carbamates (subject to hydrolysis) is 1. The van der Waals surface area contributed by atoms with Crippen LogP contribution in [-0.2, 0) is 20.7 Å². The van der Waals surface area contributed by atoms with Gasteiger partial charge in [-0.15, -0.1) is 0 Å². The van der Waals surface area contributed by atoms with Gasteiger partial charge >= 0.3 is 6.09 Å². The van der Waals surface area contributed by atoms with Crippen molar-refractivity contribution in [1.82, 2.24) is 10.6 Å². The summed E-state index contributed by atoms with van der Waals surface area (Å²) in [5.74, 6) is -0.806. The number of imide groups is 1. The minimum atomic E-state index is -0.449. The maximum atomic E-state index is 14.8. The van der Waals surface area contributed by atoms with E-state index < -0.39 is 12.1 Å². The molecule has 0 aromatic heterocycles. The maximum absolute atomic E-state index is 14.8. The van der Waals surface area contributed by atoms with Crippen molar-refractivity contribution >= 4 is 29.3 Å². The van der Waals surface area contributed by atoms with Crippen molar-refractivity contribution < 1.29 is 23.5 Å². The van der Waals surface area contributed by atoms with Crippen molar-refractivity contribution in [1.29, 1.82) is 0 Å². The molecule has 9 heteroatoms. The van der Waals surface area contributed by atoms with Gasteiger partial charge in [0.2, 0.25) is 11.8 Å². The SMILES string of the molecule is CNC(=O)OC1CCN(c2c(F)ccc3c2CCN3C2CCC(=O)NC2=O)CC1. The lowest BCUT2D eigenvalue weighted by molar-refractivity contribution is -0.134. The van der Waals surface area contributed by atoms with Gasteiger partial charge in [0.05, 0.1) is 5.69 Å². The van der Waals surface area contributed by atoms with Gasteiger partial charge in [-0.25, -0.2) is 9.18 Å². The number of carbonyl (C=O) groups is 3. The number of nitrogens with one attached hydrogen (secondary N) is 2. The van der Waals surface area contributed by atoms with Crippen molar-refractivity contribution in [3.63, 3.8) is 0 Å². The van der Waals surface area contributed by atoms with E-state index in [1.54, 1.807) is 6.07 Å². The third-order valence-electron chi connectivity index (χ3n) is 5.94. The normalized spacial score (nSPS) is 22.3. The van der Waals surface area contributed by atoms with Crippen LogP contribution in [0, 0.1) is 5.82 Å². The molecule has 3 heterocycles. The first-order valence-electron chi connectivity index (χ1n) is 10.0. The largest absolute Gasteiger partial charge is 0.446 e. The summed E-state index contributed by atoms with van der Waals surface area (Å²) >= 11 is 0. The van der Waals surface area contributed by atoms with Crippen LogP contribution in [0.15, 0.2) is 12.1 Å². The number of fused-ring (bicyclic) bond motifs is 1. The van der Waals surface area contributed by atoms with E-state index in [0.29, 0.717) is 57.4 Å². The molecule has 1 aromatic carbocycles. The number of nitrogens with zero attached hydrogens (tertiary/aromatic N) is 2. The quantitative estimate of drug-likeness (QED) is 0.739. The molecule has 1 atom stereocenters. The van der Waals surface area contributed by atoms with Crippen LogP contribution >= 0.6 is 0 Å². The number of anilines is 2. The van der Waals surface area contributed by atoms with E-state index in [1.165, 1.54) is 13.1 Å². The molecular weight excluding hydrogens is 379 g/mol. The first-order chi connectivity index (χ1) is 14.0. The molecule has 0 bridgehead atoms. The number of carbonyl (C=O) groups excluding carboxylic acids is 3. The number of piperidine rings is 2. The fraction of sp³-hybridized carbons (Fsp3) is 0.550. The van der Waals surface area contributed by atoms with E-state index in [0.717, 1.165) is 11.3 Å². The lowest BCUT2D eigenvalue weighted by atomic mass is 10.0. The molecule has 29 heavy (non-hydrogen) atoms. The average molecular weight is 404 g/mol. The van der Waals surface area contributed by atoms with Crippen LogP contribution in [0.1, 0.15) is 31.2 Å². The Bertz CT molecular complexity index is 838. The lowest BCUT2D eigenvalue weighted by Gasteiger charge is -2.35. The molecule has 0 saturated carbocycles. The summed E-state index contributed by atoms with van der Waals surface area (Å²) in [6.45, 7) is 1.80. The fourth-order valence-corrected chi connectivity index (χ4v) is 4.52. The van der Waals surface area contributed by atoms with Crippen molar-refractivity contribution in [3.8, 4) is 0 Å². The highest BCUT2D eigenvalue weighted by atomic mass is 19.1. The van der Waals surface area contributed by atoms with E-state index in [-0.39, 0.29) is 23.7 Å². The minimum Gasteiger partial charge on any atom is -0.446 e.